The molecule has 1 fully saturated rings. The van der Waals surface area contributed by atoms with Gasteiger partial charge in [0, 0.05) is 12.3 Å². The van der Waals surface area contributed by atoms with Gasteiger partial charge in [-0.05, 0) is 75.1 Å². The predicted molar refractivity (Wildman–Crippen MR) is 129 cm³/mol. The Morgan fingerprint density at radius 3 is 2.45 bits per heavy atom. The fourth-order valence-corrected chi connectivity index (χ4v) is 6.57. The van der Waals surface area contributed by atoms with Crippen molar-refractivity contribution in [2.75, 3.05) is 0 Å². The highest BCUT2D eigenvalue weighted by molar-refractivity contribution is 5.84. The van der Waals surface area contributed by atoms with Gasteiger partial charge >= 0.3 is 0 Å². The van der Waals surface area contributed by atoms with Crippen LogP contribution in [-0.2, 0) is 0 Å². The monoisotopic (exact) mass is 397 g/mol. The van der Waals surface area contributed by atoms with Crippen LogP contribution in [0, 0.1) is 18.3 Å². The van der Waals surface area contributed by atoms with Crippen LogP contribution < -0.4 is 0 Å². The molecule has 4 aliphatic rings. The van der Waals surface area contributed by atoms with E-state index in [0.29, 0.717) is 23.7 Å². The lowest BCUT2D eigenvalue weighted by atomic mass is 9.75. The van der Waals surface area contributed by atoms with Crippen LogP contribution in [0.2, 0.25) is 0 Å². The van der Waals surface area contributed by atoms with E-state index in [1.165, 1.54) is 51.8 Å². The quantitative estimate of drug-likeness (QED) is 0.326. The van der Waals surface area contributed by atoms with E-state index in [4.69, 9.17) is 0 Å². The first-order chi connectivity index (χ1) is 15.4. The van der Waals surface area contributed by atoms with Crippen molar-refractivity contribution in [3.8, 4) is 11.1 Å². The Balaban J connectivity index is 1.44. The Labute approximate surface area is 184 Å². The van der Waals surface area contributed by atoms with Crippen molar-refractivity contribution in [3.05, 3.63) is 131 Å². The molecule has 0 heterocycles. The van der Waals surface area contributed by atoms with Crippen LogP contribution in [-0.4, -0.2) is 0 Å². The summed E-state index contributed by atoms with van der Waals surface area (Å²) in [6.07, 6.45) is 19.2. The summed E-state index contributed by atoms with van der Waals surface area (Å²) in [5, 5.41) is 0. The van der Waals surface area contributed by atoms with Crippen LogP contribution in [0.1, 0.15) is 58.1 Å². The van der Waals surface area contributed by atoms with Gasteiger partial charge in [-0.25, -0.2) is 0 Å². The van der Waals surface area contributed by atoms with Crippen molar-refractivity contribution in [3.63, 3.8) is 0 Å². The van der Waals surface area contributed by atoms with Crippen LogP contribution in [0.25, 0.3) is 17.2 Å². The van der Waals surface area contributed by atoms with E-state index in [-0.39, 0.29) is 0 Å². The predicted octanol–water partition coefficient (Wildman–Crippen LogP) is 7.66. The molecule has 0 nitrogen and oxygen atoms in total. The second-order valence-corrected chi connectivity index (χ2v) is 9.42. The lowest BCUT2D eigenvalue weighted by Crippen LogP contribution is -2.16. The average molecular weight is 398 g/mol. The summed E-state index contributed by atoms with van der Waals surface area (Å²) in [7, 11) is 0. The van der Waals surface area contributed by atoms with E-state index >= 15 is 0 Å². The smallest absolute Gasteiger partial charge is 0.0281 e. The maximum Gasteiger partial charge on any atom is 0.0281 e. The fraction of sp³-hybridized carbons (Fsp3) is 0.194. The number of hydrogen-bond acceptors (Lipinski definition) is 0. The normalized spacial score (nSPS) is 26.6. The molecular weight excluding hydrogens is 372 g/mol. The van der Waals surface area contributed by atoms with E-state index in [9.17, 15) is 0 Å². The van der Waals surface area contributed by atoms with Gasteiger partial charge in [0.2, 0.25) is 0 Å². The highest BCUT2D eigenvalue weighted by Gasteiger charge is 2.39. The summed E-state index contributed by atoms with van der Waals surface area (Å²) in [6.45, 7) is 0. The van der Waals surface area contributed by atoms with E-state index in [1.54, 1.807) is 5.56 Å². The maximum absolute atomic E-state index is 2.48. The molecule has 0 heteroatoms. The molecule has 1 radical (unpaired) electrons. The Morgan fingerprint density at radius 2 is 1.48 bits per heavy atom. The average Bonchev–Trinajstić information content (AvgIpc) is 3.53. The van der Waals surface area contributed by atoms with Crippen molar-refractivity contribution in [1.29, 1.82) is 0 Å². The molecular formula is C31H25. The Hall–Kier alpha value is -3.12. The molecule has 3 aromatic carbocycles. The van der Waals surface area contributed by atoms with Crippen LogP contribution >= 0.6 is 0 Å². The van der Waals surface area contributed by atoms with Crippen molar-refractivity contribution in [2.24, 2.45) is 11.8 Å². The highest BCUT2D eigenvalue weighted by atomic mass is 14.4. The molecule has 7 rings (SSSR count). The van der Waals surface area contributed by atoms with Gasteiger partial charge in [-0.3, -0.25) is 0 Å². The second kappa shape index (κ2) is 6.69. The third-order valence-corrected chi connectivity index (χ3v) is 7.95. The van der Waals surface area contributed by atoms with E-state index in [1.807, 2.05) is 0 Å². The summed E-state index contributed by atoms with van der Waals surface area (Å²) in [4.78, 5) is 0. The second-order valence-electron chi connectivity index (χ2n) is 9.42. The van der Waals surface area contributed by atoms with Crippen LogP contribution in [0.3, 0.4) is 0 Å². The zero-order chi connectivity index (χ0) is 20.4. The molecule has 0 saturated heterocycles. The Morgan fingerprint density at radius 1 is 0.645 bits per heavy atom. The van der Waals surface area contributed by atoms with Gasteiger partial charge in [-0.1, -0.05) is 97.1 Å². The van der Waals surface area contributed by atoms with E-state index in [2.05, 4.69) is 104 Å². The molecule has 31 heavy (non-hydrogen) atoms. The molecule has 0 aromatic heterocycles. The van der Waals surface area contributed by atoms with Crippen molar-refractivity contribution >= 4 is 6.08 Å². The SMILES string of the molecule is [CH]1c2ccccc2-c2ccc(C3C=Cc4ccccc43)c(C3CCC4C=CC=CC43)c21. The van der Waals surface area contributed by atoms with E-state index in [0.717, 1.165) is 0 Å². The molecule has 4 aliphatic carbocycles. The number of fused-ring (bicyclic) bond motifs is 5. The lowest BCUT2D eigenvalue weighted by Gasteiger charge is -2.28. The summed E-state index contributed by atoms with van der Waals surface area (Å²) in [5.41, 5.74) is 11.6. The van der Waals surface area contributed by atoms with Gasteiger partial charge < -0.3 is 0 Å². The minimum absolute atomic E-state index is 0.357. The summed E-state index contributed by atoms with van der Waals surface area (Å²) in [5.74, 6) is 2.25. The minimum Gasteiger partial charge on any atom is -0.0808 e. The Kier molecular flexibility index (Phi) is 3.79. The number of hydrogen-bond donors (Lipinski definition) is 0. The van der Waals surface area contributed by atoms with Gasteiger partial charge in [0.25, 0.3) is 0 Å². The van der Waals surface area contributed by atoms with Crippen LogP contribution in [0.5, 0.6) is 0 Å². The van der Waals surface area contributed by atoms with Crippen LogP contribution in [0.4, 0.5) is 0 Å². The molecule has 4 atom stereocenters. The summed E-state index contributed by atoms with van der Waals surface area (Å²) in [6, 6.07) is 22.6. The zero-order valence-corrected chi connectivity index (χ0v) is 17.5. The summed E-state index contributed by atoms with van der Waals surface area (Å²) < 4.78 is 0. The number of benzene rings is 3. The van der Waals surface area contributed by atoms with E-state index < -0.39 is 0 Å². The number of allylic oxidation sites excluding steroid dienone is 5. The zero-order valence-electron chi connectivity index (χ0n) is 17.5. The maximum atomic E-state index is 2.48. The molecule has 0 bridgehead atoms. The molecule has 0 amide bonds. The first-order valence-electron chi connectivity index (χ1n) is 11.6. The molecule has 1 saturated carbocycles. The highest BCUT2D eigenvalue weighted by Crippen LogP contribution is 2.53. The topological polar surface area (TPSA) is 0 Å². The number of rotatable bonds is 2. The van der Waals surface area contributed by atoms with Gasteiger partial charge in [0.15, 0.2) is 0 Å². The van der Waals surface area contributed by atoms with Crippen LogP contribution in [0.15, 0.2) is 91.0 Å². The fourth-order valence-electron chi connectivity index (χ4n) is 6.57. The van der Waals surface area contributed by atoms with Gasteiger partial charge in [0.05, 0.1) is 0 Å². The molecule has 3 aromatic rings. The third-order valence-electron chi connectivity index (χ3n) is 7.95. The van der Waals surface area contributed by atoms with Crippen molar-refractivity contribution < 1.29 is 0 Å². The third kappa shape index (κ3) is 2.54. The largest absolute Gasteiger partial charge is 0.0808 e. The minimum atomic E-state index is 0.357. The molecule has 4 unspecified atom stereocenters. The molecule has 149 valence electrons. The van der Waals surface area contributed by atoms with Gasteiger partial charge in [-0.15, -0.1) is 0 Å². The first kappa shape index (κ1) is 17.5. The first-order valence-corrected chi connectivity index (χ1v) is 11.6. The van der Waals surface area contributed by atoms with Crippen molar-refractivity contribution in [2.45, 2.75) is 24.7 Å². The summed E-state index contributed by atoms with van der Waals surface area (Å²) >= 11 is 0. The molecule has 0 aliphatic heterocycles. The Bertz CT molecular complexity index is 1290. The van der Waals surface area contributed by atoms with Gasteiger partial charge in [0.1, 0.15) is 0 Å². The van der Waals surface area contributed by atoms with Gasteiger partial charge in [-0.2, -0.15) is 0 Å². The lowest BCUT2D eigenvalue weighted by molar-refractivity contribution is 0.505. The standard InChI is InChI=1S/C31H25/c1-4-10-23-20(7-1)13-15-26(23)29-18-17-27-25-12-6-3-9-22(25)19-30(27)31(29)28-16-14-21-8-2-5-11-24(21)28/h1-13,15,17-19,21,24,26,28H,14,16H2. The van der Waals surface area contributed by atoms with Crippen molar-refractivity contribution in [1.82, 2.24) is 0 Å². The molecule has 0 spiro atoms. The molecule has 0 N–H and O–H groups in total.